The van der Waals surface area contributed by atoms with Crippen LogP contribution in [0.3, 0.4) is 0 Å². The van der Waals surface area contributed by atoms with E-state index in [1.165, 1.54) is 6.42 Å². The molecule has 0 aliphatic carbocycles. The molecule has 0 aromatic heterocycles. The van der Waals surface area contributed by atoms with E-state index in [0.717, 1.165) is 44.9 Å². The van der Waals surface area contributed by atoms with E-state index in [9.17, 15) is 4.79 Å². The second-order valence-corrected chi connectivity index (χ2v) is 8.54. The monoisotopic (exact) mass is 342 g/mol. The Morgan fingerprint density at radius 2 is 1.62 bits per heavy atom. The van der Waals surface area contributed by atoms with Gasteiger partial charge in [-0.15, -0.1) is 0 Å². The van der Waals surface area contributed by atoms with Gasteiger partial charge in [0.1, 0.15) is 0 Å². The van der Waals surface area contributed by atoms with Gasteiger partial charge in [-0.05, 0) is 37.5 Å². The van der Waals surface area contributed by atoms with Crippen LogP contribution < -0.4 is 0 Å². The van der Waals surface area contributed by atoms with Gasteiger partial charge in [0.15, 0.2) is 0 Å². The van der Waals surface area contributed by atoms with Crippen molar-refractivity contribution in [1.29, 1.82) is 0 Å². The summed E-state index contributed by atoms with van der Waals surface area (Å²) >= 11 is 0. The molecule has 1 rings (SSSR count). The Morgan fingerprint density at radius 3 is 2.12 bits per heavy atom. The summed E-state index contributed by atoms with van der Waals surface area (Å²) < 4.78 is 5.75. The molecule has 0 bridgehead atoms. The Hall–Kier alpha value is -0.610. The minimum Gasteiger partial charge on any atom is -0.465 e. The molecular weight excluding hydrogens is 304 g/mol. The first-order chi connectivity index (χ1) is 11.2. The first-order valence-corrected chi connectivity index (χ1v) is 9.75. The Balaban J connectivity index is 2.49. The number of hydrogen-bond acceptors (Lipinski definition) is 4. The van der Waals surface area contributed by atoms with Crippen LogP contribution >= 0.6 is 0 Å². The molecule has 24 heavy (non-hydrogen) atoms. The predicted molar refractivity (Wildman–Crippen MR) is 96.3 cm³/mol. The van der Waals surface area contributed by atoms with Gasteiger partial charge in [-0.1, -0.05) is 60.3 Å². The lowest BCUT2D eigenvalue weighted by molar-refractivity contribution is -0.154. The van der Waals surface area contributed by atoms with Crippen LogP contribution in [-0.2, 0) is 19.3 Å². The van der Waals surface area contributed by atoms with Crippen LogP contribution in [0.4, 0.5) is 0 Å². The smallest absolute Gasteiger partial charge is 0.309 e. The molecule has 1 saturated heterocycles. The molecule has 4 nitrogen and oxygen atoms in total. The fourth-order valence-corrected chi connectivity index (χ4v) is 3.04. The number of hydrogen-bond donors (Lipinski definition) is 0. The van der Waals surface area contributed by atoms with Crippen molar-refractivity contribution in [2.24, 2.45) is 17.3 Å². The van der Waals surface area contributed by atoms with Crippen LogP contribution in [-0.4, -0.2) is 18.4 Å². The molecule has 1 fully saturated rings. The third kappa shape index (κ3) is 7.98. The van der Waals surface area contributed by atoms with Crippen molar-refractivity contribution in [2.75, 3.05) is 6.61 Å². The third-order valence-electron chi connectivity index (χ3n) is 4.98. The summed E-state index contributed by atoms with van der Waals surface area (Å²) in [6.07, 6.45) is 8.35. The summed E-state index contributed by atoms with van der Waals surface area (Å²) in [5.41, 5.74) is -0.0473. The molecule has 0 saturated carbocycles. The number of carbonyl (C=O) groups excluding carboxylic acids is 1. The molecule has 0 aromatic carbocycles. The lowest BCUT2D eigenvalue weighted by Gasteiger charge is -2.29. The van der Waals surface area contributed by atoms with E-state index >= 15 is 0 Å². The van der Waals surface area contributed by atoms with Gasteiger partial charge in [0.25, 0.3) is 0 Å². The van der Waals surface area contributed by atoms with E-state index in [4.69, 9.17) is 14.5 Å². The first-order valence-electron chi connectivity index (χ1n) is 9.75. The van der Waals surface area contributed by atoms with E-state index in [1.807, 2.05) is 6.92 Å². The van der Waals surface area contributed by atoms with Crippen LogP contribution in [0.2, 0.25) is 0 Å². The standard InChI is InChI=1S/C20H38O4/c1-7-9-11-16(13-14-20(6)23-24-20)15-22-18(21)17(12-10-8-2)19(3,4)5/h16-17H,7-15H2,1-6H3. The number of esters is 1. The Morgan fingerprint density at radius 1 is 1.04 bits per heavy atom. The Kier molecular flexibility index (Phi) is 8.72. The van der Waals surface area contributed by atoms with Crippen molar-refractivity contribution in [3.63, 3.8) is 0 Å². The molecule has 4 heteroatoms. The van der Waals surface area contributed by atoms with Crippen molar-refractivity contribution in [3.8, 4) is 0 Å². The van der Waals surface area contributed by atoms with E-state index < -0.39 is 5.79 Å². The van der Waals surface area contributed by atoms with Gasteiger partial charge in [0.2, 0.25) is 5.79 Å². The summed E-state index contributed by atoms with van der Waals surface area (Å²) in [4.78, 5) is 22.6. The molecule has 2 unspecified atom stereocenters. The number of rotatable bonds is 12. The fourth-order valence-electron chi connectivity index (χ4n) is 3.04. The zero-order valence-corrected chi connectivity index (χ0v) is 16.7. The molecule has 142 valence electrons. The molecule has 1 aliphatic heterocycles. The quantitative estimate of drug-likeness (QED) is 0.261. The van der Waals surface area contributed by atoms with Gasteiger partial charge >= 0.3 is 5.97 Å². The predicted octanol–water partition coefficient (Wildman–Crippen LogP) is 5.65. The second-order valence-electron chi connectivity index (χ2n) is 8.54. The van der Waals surface area contributed by atoms with Crippen LogP contribution in [0, 0.1) is 17.3 Å². The van der Waals surface area contributed by atoms with Crippen molar-refractivity contribution >= 4 is 5.97 Å². The minimum atomic E-state index is -0.399. The van der Waals surface area contributed by atoms with Crippen molar-refractivity contribution in [3.05, 3.63) is 0 Å². The zero-order valence-electron chi connectivity index (χ0n) is 16.7. The molecule has 1 heterocycles. The topological polar surface area (TPSA) is 51.4 Å². The SMILES string of the molecule is CCCCC(CCC1(C)OO1)COC(=O)C(CCCC)C(C)(C)C. The number of ether oxygens (including phenoxy) is 1. The van der Waals surface area contributed by atoms with Crippen LogP contribution in [0.25, 0.3) is 0 Å². The molecule has 0 spiro atoms. The lowest BCUT2D eigenvalue weighted by atomic mass is 9.78. The fraction of sp³-hybridized carbons (Fsp3) is 0.950. The molecule has 2 atom stereocenters. The van der Waals surface area contributed by atoms with E-state index in [-0.39, 0.29) is 17.3 Å². The molecule has 0 aromatic rings. The van der Waals surface area contributed by atoms with Crippen LogP contribution in [0.1, 0.15) is 92.9 Å². The molecule has 1 aliphatic rings. The number of carbonyl (C=O) groups is 1. The Bertz CT molecular complexity index is 368. The van der Waals surface area contributed by atoms with Gasteiger partial charge in [0, 0.05) is 6.42 Å². The van der Waals surface area contributed by atoms with Crippen LogP contribution in [0.5, 0.6) is 0 Å². The number of unbranched alkanes of at least 4 members (excludes halogenated alkanes) is 2. The maximum atomic E-state index is 12.6. The van der Waals surface area contributed by atoms with Gasteiger partial charge in [-0.25, -0.2) is 0 Å². The van der Waals surface area contributed by atoms with Gasteiger partial charge < -0.3 is 4.74 Å². The summed E-state index contributed by atoms with van der Waals surface area (Å²) in [5, 5.41) is 0. The van der Waals surface area contributed by atoms with Crippen molar-refractivity contribution in [2.45, 2.75) is 98.7 Å². The minimum absolute atomic E-state index is 0.0168. The zero-order chi connectivity index (χ0) is 18.2. The van der Waals surface area contributed by atoms with E-state index in [1.54, 1.807) is 0 Å². The van der Waals surface area contributed by atoms with Gasteiger partial charge in [-0.2, -0.15) is 9.78 Å². The molecular formula is C20H38O4. The van der Waals surface area contributed by atoms with Crippen molar-refractivity contribution < 1.29 is 19.3 Å². The van der Waals surface area contributed by atoms with Crippen LogP contribution in [0.15, 0.2) is 0 Å². The lowest BCUT2D eigenvalue weighted by Crippen LogP contribution is -2.31. The first kappa shape index (κ1) is 21.4. The average Bonchev–Trinajstić information content (AvgIpc) is 3.23. The highest BCUT2D eigenvalue weighted by Gasteiger charge is 2.43. The average molecular weight is 343 g/mol. The van der Waals surface area contributed by atoms with Gasteiger partial charge in [0.05, 0.1) is 12.5 Å². The van der Waals surface area contributed by atoms with Crippen molar-refractivity contribution in [1.82, 2.24) is 0 Å². The molecule has 0 radical (unpaired) electrons. The normalized spacial score (nSPS) is 18.9. The largest absolute Gasteiger partial charge is 0.465 e. The maximum Gasteiger partial charge on any atom is 0.309 e. The Labute approximate surface area is 148 Å². The highest BCUT2D eigenvalue weighted by atomic mass is 17.4. The summed E-state index contributed by atoms with van der Waals surface area (Å²) in [5.74, 6) is -0.0476. The second kappa shape index (κ2) is 9.76. The van der Waals surface area contributed by atoms with E-state index in [2.05, 4.69) is 34.6 Å². The summed E-state index contributed by atoms with van der Waals surface area (Å²) in [7, 11) is 0. The molecule has 0 amide bonds. The van der Waals surface area contributed by atoms with Gasteiger partial charge in [-0.3, -0.25) is 4.79 Å². The van der Waals surface area contributed by atoms with E-state index in [0.29, 0.717) is 12.5 Å². The highest BCUT2D eigenvalue weighted by molar-refractivity contribution is 5.73. The highest BCUT2D eigenvalue weighted by Crippen LogP contribution is 2.36. The third-order valence-corrected chi connectivity index (χ3v) is 4.98. The summed E-state index contributed by atoms with van der Waals surface area (Å²) in [6.45, 7) is 13.2. The molecule has 0 N–H and O–H groups in total. The maximum absolute atomic E-state index is 12.6. The summed E-state index contributed by atoms with van der Waals surface area (Å²) in [6, 6.07) is 0.